The first kappa shape index (κ1) is 7.21. The van der Waals surface area contributed by atoms with Gasteiger partial charge in [-0.15, -0.1) is 0 Å². The van der Waals surface area contributed by atoms with Crippen LogP contribution in [0.1, 0.15) is 6.92 Å². The molecule has 1 atom stereocenters. The van der Waals surface area contributed by atoms with Crippen molar-refractivity contribution in [1.29, 1.82) is 0 Å². The normalized spacial score (nSPS) is 13.4. The molecule has 1 rings (SSSR count). The van der Waals surface area contributed by atoms with Crippen molar-refractivity contribution in [2.45, 2.75) is 13.5 Å². The van der Waals surface area contributed by atoms with E-state index in [0.29, 0.717) is 12.5 Å². The van der Waals surface area contributed by atoms with E-state index >= 15 is 0 Å². The summed E-state index contributed by atoms with van der Waals surface area (Å²) in [6, 6.07) is 0. The van der Waals surface area contributed by atoms with Crippen molar-refractivity contribution in [1.82, 2.24) is 15.0 Å². The molecule has 56 valence electrons. The smallest absolute Gasteiger partial charge is 0.0693 e. The minimum Gasteiger partial charge on any atom is -0.330 e. The van der Waals surface area contributed by atoms with Gasteiger partial charge in [0.15, 0.2) is 0 Å². The number of hydrogen-bond donors (Lipinski definition) is 1. The van der Waals surface area contributed by atoms with Gasteiger partial charge in [-0.1, -0.05) is 6.92 Å². The van der Waals surface area contributed by atoms with E-state index in [1.807, 2.05) is 0 Å². The Morgan fingerprint density at radius 1 is 1.50 bits per heavy atom. The largest absolute Gasteiger partial charge is 0.330 e. The highest BCUT2D eigenvalue weighted by atomic mass is 15.5. The van der Waals surface area contributed by atoms with Crippen LogP contribution in [0.25, 0.3) is 0 Å². The van der Waals surface area contributed by atoms with Crippen molar-refractivity contribution in [3.05, 3.63) is 12.4 Å². The molecular formula is C6H12N4. The molecule has 0 fully saturated rings. The summed E-state index contributed by atoms with van der Waals surface area (Å²) >= 11 is 0. The van der Waals surface area contributed by atoms with E-state index in [1.54, 1.807) is 17.2 Å². The molecule has 0 bridgehead atoms. The van der Waals surface area contributed by atoms with Gasteiger partial charge in [0, 0.05) is 0 Å². The minimum atomic E-state index is 0.451. The summed E-state index contributed by atoms with van der Waals surface area (Å²) in [5.41, 5.74) is 5.42. The SMILES string of the molecule is CC(CN)Cn1nccn1. The fraction of sp³-hybridized carbons (Fsp3) is 0.667. The van der Waals surface area contributed by atoms with Crippen LogP contribution in [0, 0.1) is 5.92 Å². The van der Waals surface area contributed by atoms with Gasteiger partial charge < -0.3 is 5.73 Å². The molecule has 0 aromatic carbocycles. The predicted molar refractivity (Wildman–Crippen MR) is 38.2 cm³/mol. The standard InChI is InChI=1S/C6H12N4/c1-6(4-7)5-10-8-2-3-9-10/h2-3,6H,4-5,7H2,1H3. The lowest BCUT2D eigenvalue weighted by Gasteiger charge is -2.05. The van der Waals surface area contributed by atoms with Crippen LogP contribution in [-0.2, 0) is 6.54 Å². The molecule has 0 aliphatic carbocycles. The van der Waals surface area contributed by atoms with Gasteiger partial charge in [-0.25, -0.2) is 0 Å². The van der Waals surface area contributed by atoms with Gasteiger partial charge in [0.1, 0.15) is 0 Å². The minimum absolute atomic E-state index is 0.451. The van der Waals surface area contributed by atoms with Crippen LogP contribution in [0.3, 0.4) is 0 Å². The molecule has 0 spiro atoms. The van der Waals surface area contributed by atoms with E-state index in [4.69, 9.17) is 5.73 Å². The first-order valence-corrected chi connectivity index (χ1v) is 3.37. The van der Waals surface area contributed by atoms with Crippen LogP contribution in [0.2, 0.25) is 0 Å². The van der Waals surface area contributed by atoms with Crippen molar-refractivity contribution >= 4 is 0 Å². The summed E-state index contributed by atoms with van der Waals surface area (Å²) < 4.78 is 0. The fourth-order valence-electron chi connectivity index (χ4n) is 0.691. The van der Waals surface area contributed by atoms with Gasteiger partial charge >= 0.3 is 0 Å². The number of nitrogens with zero attached hydrogens (tertiary/aromatic N) is 3. The van der Waals surface area contributed by atoms with Crippen LogP contribution in [0.4, 0.5) is 0 Å². The lowest BCUT2D eigenvalue weighted by Crippen LogP contribution is -2.18. The second kappa shape index (κ2) is 3.31. The van der Waals surface area contributed by atoms with Gasteiger partial charge in [0.05, 0.1) is 18.9 Å². The predicted octanol–water partition coefficient (Wildman–Crippen LogP) is -0.127. The van der Waals surface area contributed by atoms with Gasteiger partial charge in [0.25, 0.3) is 0 Å². The maximum absolute atomic E-state index is 5.42. The molecule has 2 N–H and O–H groups in total. The maximum Gasteiger partial charge on any atom is 0.0693 e. The zero-order valence-corrected chi connectivity index (χ0v) is 6.07. The molecule has 4 nitrogen and oxygen atoms in total. The average molecular weight is 140 g/mol. The molecule has 1 aromatic rings. The molecule has 1 aromatic heterocycles. The Balaban J connectivity index is 2.40. The van der Waals surface area contributed by atoms with Crippen molar-refractivity contribution in [2.75, 3.05) is 6.54 Å². The number of aromatic nitrogens is 3. The number of hydrogen-bond acceptors (Lipinski definition) is 3. The molecule has 0 radical (unpaired) electrons. The molecule has 1 heterocycles. The Labute approximate surface area is 60.0 Å². The van der Waals surface area contributed by atoms with E-state index in [0.717, 1.165) is 6.54 Å². The monoisotopic (exact) mass is 140 g/mol. The summed E-state index contributed by atoms with van der Waals surface area (Å²) in [6.07, 6.45) is 3.34. The third-order valence-electron chi connectivity index (χ3n) is 1.34. The molecule has 0 aliphatic heterocycles. The van der Waals surface area contributed by atoms with Crippen LogP contribution >= 0.6 is 0 Å². The Morgan fingerprint density at radius 3 is 2.60 bits per heavy atom. The van der Waals surface area contributed by atoms with Gasteiger partial charge in [0.2, 0.25) is 0 Å². The molecule has 4 heteroatoms. The van der Waals surface area contributed by atoms with Crippen LogP contribution in [0.15, 0.2) is 12.4 Å². The second-order valence-corrected chi connectivity index (χ2v) is 2.42. The van der Waals surface area contributed by atoms with Gasteiger partial charge in [-0.2, -0.15) is 15.0 Å². The van der Waals surface area contributed by atoms with Crippen molar-refractivity contribution in [3.63, 3.8) is 0 Å². The third-order valence-corrected chi connectivity index (χ3v) is 1.34. The lowest BCUT2D eigenvalue weighted by atomic mass is 10.2. The highest BCUT2D eigenvalue weighted by molar-refractivity contribution is 4.61. The molecular weight excluding hydrogens is 128 g/mol. The van der Waals surface area contributed by atoms with Gasteiger partial charge in [-0.05, 0) is 12.5 Å². The van der Waals surface area contributed by atoms with Crippen LogP contribution in [0.5, 0.6) is 0 Å². The topological polar surface area (TPSA) is 56.7 Å². The second-order valence-electron chi connectivity index (χ2n) is 2.42. The van der Waals surface area contributed by atoms with E-state index in [9.17, 15) is 0 Å². The zero-order chi connectivity index (χ0) is 7.40. The van der Waals surface area contributed by atoms with E-state index in [2.05, 4.69) is 17.1 Å². The highest BCUT2D eigenvalue weighted by Crippen LogP contribution is 1.93. The quantitative estimate of drug-likeness (QED) is 0.636. The van der Waals surface area contributed by atoms with Crippen LogP contribution < -0.4 is 5.73 Å². The molecule has 0 amide bonds. The van der Waals surface area contributed by atoms with Crippen molar-refractivity contribution in [3.8, 4) is 0 Å². The Morgan fingerprint density at radius 2 is 2.10 bits per heavy atom. The molecule has 0 saturated carbocycles. The maximum atomic E-state index is 5.42. The molecule has 0 saturated heterocycles. The zero-order valence-electron chi connectivity index (χ0n) is 6.07. The number of nitrogens with two attached hydrogens (primary N) is 1. The Kier molecular flexibility index (Phi) is 2.39. The lowest BCUT2D eigenvalue weighted by molar-refractivity contribution is 0.419. The van der Waals surface area contributed by atoms with E-state index < -0.39 is 0 Å². The summed E-state index contributed by atoms with van der Waals surface area (Å²) in [5, 5.41) is 7.91. The molecule has 1 unspecified atom stereocenters. The summed E-state index contributed by atoms with van der Waals surface area (Å²) in [4.78, 5) is 1.65. The highest BCUT2D eigenvalue weighted by Gasteiger charge is 1.99. The first-order chi connectivity index (χ1) is 4.83. The van der Waals surface area contributed by atoms with Gasteiger partial charge in [-0.3, -0.25) is 0 Å². The van der Waals surface area contributed by atoms with Crippen molar-refractivity contribution in [2.24, 2.45) is 11.7 Å². The first-order valence-electron chi connectivity index (χ1n) is 3.37. The van der Waals surface area contributed by atoms with E-state index in [1.165, 1.54) is 0 Å². The summed E-state index contributed by atoms with van der Waals surface area (Å²) in [6.45, 7) is 3.56. The third kappa shape index (κ3) is 1.80. The Bertz CT molecular complexity index is 170. The number of rotatable bonds is 3. The molecule has 0 aliphatic rings. The fourth-order valence-corrected chi connectivity index (χ4v) is 0.691. The summed E-state index contributed by atoms with van der Waals surface area (Å²) in [5.74, 6) is 0.451. The summed E-state index contributed by atoms with van der Waals surface area (Å²) in [7, 11) is 0. The van der Waals surface area contributed by atoms with Crippen LogP contribution in [-0.4, -0.2) is 21.5 Å². The Hall–Kier alpha value is -0.900. The average Bonchev–Trinajstić information content (AvgIpc) is 2.40. The van der Waals surface area contributed by atoms with E-state index in [-0.39, 0.29) is 0 Å². The van der Waals surface area contributed by atoms with Crippen molar-refractivity contribution < 1.29 is 0 Å². The molecule has 10 heavy (non-hydrogen) atoms.